The molecule has 1 N–H and O–H groups in total. The number of nitrogens with one attached hydrogen (secondary N) is 1. The molecule has 0 atom stereocenters. The van der Waals surface area contributed by atoms with Gasteiger partial charge in [-0.1, -0.05) is 23.1 Å². The summed E-state index contributed by atoms with van der Waals surface area (Å²) in [5, 5.41) is 3.08. The van der Waals surface area contributed by atoms with Crippen LogP contribution in [-0.4, -0.2) is 12.8 Å². The third kappa shape index (κ3) is 2.95. The Kier molecular flexibility index (Phi) is 4.33. The number of benzene rings is 1. The SMILES string of the molecule is CNc1ccc(CCSCl)cc1. The quantitative estimate of drug-likeness (QED) is 0.804. The average Bonchev–Trinajstić information content (AvgIpc) is 2.15. The van der Waals surface area contributed by atoms with Crippen LogP contribution in [0.25, 0.3) is 0 Å². The fraction of sp³-hybridized carbons (Fsp3) is 0.333. The van der Waals surface area contributed by atoms with Crippen LogP contribution in [0.3, 0.4) is 0 Å². The fourth-order valence-electron chi connectivity index (χ4n) is 0.995. The topological polar surface area (TPSA) is 12.0 Å². The highest BCUT2D eigenvalue weighted by Crippen LogP contribution is 2.12. The van der Waals surface area contributed by atoms with Crippen LogP contribution in [-0.2, 0) is 6.42 Å². The van der Waals surface area contributed by atoms with Crippen molar-refractivity contribution in [3.63, 3.8) is 0 Å². The smallest absolute Gasteiger partial charge is 0.0337 e. The Hall–Kier alpha value is -0.340. The minimum atomic E-state index is 0.973. The standard InChI is InChI=1S/C9H12ClNS/c1-11-9-4-2-8(3-5-9)6-7-12-10/h2-5,11H,6-7H2,1H3. The molecule has 0 aliphatic heterocycles. The Balaban J connectivity index is 2.53. The monoisotopic (exact) mass is 201 g/mol. The predicted molar refractivity (Wildman–Crippen MR) is 58.0 cm³/mol. The summed E-state index contributed by atoms with van der Waals surface area (Å²) in [7, 11) is 8.80. The van der Waals surface area contributed by atoms with Crippen LogP contribution in [0, 0.1) is 0 Å². The number of rotatable bonds is 4. The van der Waals surface area contributed by atoms with Crippen molar-refractivity contribution in [2.24, 2.45) is 0 Å². The van der Waals surface area contributed by atoms with Gasteiger partial charge in [0.05, 0.1) is 0 Å². The maximum atomic E-state index is 5.51. The predicted octanol–water partition coefficient (Wildman–Crippen LogP) is 3.16. The van der Waals surface area contributed by atoms with Crippen molar-refractivity contribution in [3.8, 4) is 0 Å². The highest BCUT2D eigenvalue weighted by molar-refractivity contribution is 8.21. The number of hydrogen-bond donors (Lipinski definition) is 1. The summed E-state index contributed by atoms with van der Waals surface area (Å²) in [5.74, 6) is 0.973. The molecule has 0 saturated carbocycles. The molecule has 66 valence electrons. The first-order valence-electron chi connectivity index (χ1n) is 3.87. The molecule has 1 nitrogen and oxygen atoms in total. The van der Waals surface area contributed by atoms with Crippen LogP contribution in [0.1, 0.15) is 5.56 Å². The van der Waals surface area contributed by atoms with Crippen LogP contribution in [0.4, 0.5) is 5.69 Å². The van der Waals surface area contributed by atoms with E-state index in [4.69, 9.17) is 10.7 Å². The lowest BCUT2D eigenvalue weighted by molar-refractivity contribution is 1.16. The molecule has 0 heterocycles. The van der Waals surface area contributed by atoms with E-state index in [9.17, 15) is 0 Å². The molecule has 0 aromatic heterocycles. The molecule has 0 aliphatic rings. The van der Waals surface area contributed by atoms with Crippen LogP contribution < -0.4 is 5.32 Å². The average molecular weight is 202 g/mol. The summed E-state index contributed by atoms with van der Waals surface area (Å²) in [6.07, 6.45) is 1.04. The zero-order valence-electron chi connectivity index (χ0n) is 7.01. The van der Waals surface area contributed by atoms with Crippen molar-refractivity contribution in [2.45, 2.75) is 6.42 Å². The van der Waals surface area contributed by atoms with Gasteiger partial charge in [0.1, 0.15) is 0 Å². The summed E-state index contributed by atoms with van der Waals surface area (Å²) in [6, 6.07) is 8.40. The van der Waals surface area contributed by atoms with Gasteiger partial charge in [-0.15, -0.1) is 0 Å². The van der Waals surface area contributed by atoms with E-state index in [1.54, 1.807) is 0 Å². The summed E-state index contributed by atoms with van der Waals surface area (Å²) in [4.78, 5) is 0. The number of hydrogen-bond acceptors (Lipinski definition) is 2. The van der Waals surface area contributed by atoms with Gasteiger partial charge in [-0.3, -0.25) is 0 Å². The van der Waals surface area contributed by atoms with Crippen molar-refractivity contribution in [3.05, 3.63) is 29.8 Å². The molecule has 1 rings (SSSR count). The van der Waals surface area contributed by atoms with Gasteiger partial charge < -0.3 is 5.32 Å². The highest BCUT2D eigenvalue weighted by Gasteiger charge is 1.92. The van der Waals surface area contributed by atoms with Crippen LogP contribution in [0.15, 0.2) is 24.3 Å². The van der Waals surface area contributed by atoms with Gasteiger partial charge in [-0.2, -0.15) is 0 Å². The molecule has 12 heavy (non-hydrogen) atoms. The summed E-state index contributed by atoms with van der Waals surface area (Å²) >= 11 is 0. The van der Waals surface area contributed by atoms with E-state index in [1.807, 2.05) is 7.05 Å². The summed E-state index contributed by atoms with van der Waals surface area (Å²) in [5.41, 5.74) is 2.49. The van der Waals surface area contributed by atoms with Gasteiger partial charge in [0.25, 0.3) is 0 Å². The zero-order valence-corrected chi connectivity index (χ0v) is 8.58. The van der Waals surface area contributed by atoms with Crippen LogP contribution in [0.5, 0.6) is 0 Å². The molecule has 0 saturated heterocycles. The molecule has 0 aliphatic carbocycles. The molecule has 0 spiro atoms. The fourth-order valence-corrected chi connectivity index (χ4v) is 1.54. The lowest BCUT2D eigenvalue weighted by Crippen LogP contribution is -1.90. The maximum Gasteiger partial charge on any atom is 0.0337 e. The molecule has 0 bridgehead atoms. The molecule has 0 radical (unpaired) electrons. The summed E-state index contributed by atoms with van der Waals surface area (Å²) in [6.45, 7) is 0. The Morgan fingerprint density at radius 3 is 2.50 bits per heavy atom. The number of anilines is 1. The number of aryl methyl sites for hydroxylation is 1. The zero-order chi connectivity index (χ0) is 8.81. The molecule has 1 aromatic rings. The second-order valence-corrected chi connectivity index (χ2v) is 3.79. The minimum Gasteiger partial charge on any atom is -0.388 e. The molecular weight excluding hydrogens is 190 g/mol. The maximum absolute atomic E-state index is 5.51. The Morgan fingerprint density at radius 1 is 1.33 bits per heavy atom. The van der Waals surface area contributed by atoms with Crippen molar-refractivity contribution < 1.29 is 0 Å². The third-order valence-corrected chi connectivity index (χ3v) is 2.53. The minimum absolute atomic E-state index is 0.973. The first kappa shape index (κ1) is 9.75. The van der Waals surface area contributed by atoms with Gasteiger partial charge in [0.15, 0.2) is 0 Å². The second kappa shape index (κ2) is 5.33. The first-order valence-corrected chi connectivity index (χ1v) is 5.68. The molecule has 0 unspecified atom stereocenters. The number of halogens is 1. The molecule has 0 amide bonds. The van der Waals surface area contributed by atoms with Crippen LogP contribution >= 0.6 is 21.7 Å². The van der Waals surface area contributed by atoms with E-state index in [1.165, 1.54) is 16.5 Å². The molecule has 3 heteroatoms. The Morgan fingerprint density at radius 2 is 2.00 bits per heavy atom. The lowest BCUT2D eigenvalue weighted by atomic mass is 10.1. The largest absolute Gasteiger partial charge is 0.388 e. The van der Waals surface area contributed by atoms with Crippen molar-refractivity contribution in [2.75, 3.05) is 18.1 Å². The Bertz CT molecular complexity index is 222. The summed E-state index contributed by atoms with van der Waals surface area (Å²) < 4.78 is 0. The lowest BCUT2D eigenvalue weighted by Gasteiger charge is -2.01. The Labute approximate surface area is 82.0 Å². The van der Waals surface area contributed by atoms with E-state index < -0.39 is 0 Å². The van der Waals surface area contributed by atoms with Crippen molar-refractivity contribution in [1.29, 1.82) is 0 Å². The van der Waals surface area contributed by atoms with Gasteiger partial charge in [0.2, 0.25) is 0 Å². The molecule has 1 aromatic carbocycles. The van der Waals surface area contributed by atoms with Gasteiger partial charge >= 0.3 is 0 Å². The first-order chi connectivity index (χ1) is 5.86. The third-order valence-electron chi connectivity index (χ3n) is 1.71. The van der Waals surface area contributed by atoms with E-state index in [0.717, 1.165) is 17.9 Å². The van der Waals surface area contributed by atoms with Gasteiger partial charge in [-0.25, -0.2) is 0 Å². The van der Waals surface area contributed by atoms with E-state index >= 15 is 0 Å². The van der Waals surface area contributed by atoms with E-state index in [-0.39, 0.29) is 0 Å². The molecular formula is C9H12ClNS. The van der Waals surface area contributed by atoms with Crippen LogP contribution in [0.2, 0.25) is 0 Å². The van der Waals surface area contributed by atoms with Crippen molar-refractivity contribution >= 4 is 27.3 Å². The van der Waals surface area contributed by atoms with E-state index in [2.05, 4.69) is 29.6 Å². The van der Waals surface area contributed by atoms with Crippen molar-refractivity contribution in [1.82, 2.24) is 0 Å². The van der Waals surface area contributed by atoms with Gasteiger partial charge in [0, 0.05) is 18.5 Å². The van der Waals surface area contributed by atoms with Gasteiger partial charge in [-0.05, 0) is 34.8 Å². The van der Waals surface area contributed by atoms with E-state index in [0.29, 0.717) is 0 Å². The normalized spacial score (nSPS) is 9.83. The highest BCUT2D eigenvalue weighted by atomic mass is 35.7. The second-order valence-electron chi connectivity index (χ2n) is 2.51. The molecule has 0 fully saturated rings.